The summed E-state index contributed by atoms with van der Waals surface area (Å²) in [5.41, 5.74) is 3.43. The minimum Gasteiger partial charge on any atom is -0.371 e. The Bertz CT molecular complexity index is 705. The molecule has 1 aliphatic rings. The van der Waals surface area contributed by atoms with Gasteiger partial charge >= 0.3 is 0 Å². The van der Waals surface area contributed by atoms with Crippen molar-refractivity contribution in [2.24, 2.45) is 0 Å². The van der Waals surface area contributed by atoms with Crippen molar-refractivity contribution in [2.45, 2.75) is 6.54 Å². The molecule has 0 radical (unpaired) electrons. The Balaban J connectivity index is 1.90. The fraction of sp³-hybridized carbons (Fsp3) is 0.235. The van der Waals surface area contributed by atoms with Crippen molar-refractivity contribution in [1.29, 1.82) is 5.26 Å². The van der Waals surface area contributed by atoms with E-state index in [0.717, 1.165) is 18.7 Å². The molecule has 0 bridgehead atoms. The van der Waals surface area contributed by atoms with Crippen molar-refractivity contribution >= 4 is 11.4 Å². The number of hydrogen-bond donors (Lipinski definition) is 0. The highest BCUT2D eigenvalue weighted by Crippen LogP contribution is 2.32. The van der Waals surface area contributed by atoms with Crippen LogP contribution in [0, 0.1) is 17.1 Å². The topological polar surface area (TPSA) is 30.3 Å². The van der Waals surface area contributed by atoms with E-state index in [4.69, 9.17) is 5.26 Å². The number of hydrogen-bond acceptors (Lipinski definition) is 3. The van der Waals surface area contributed by atoms with Gasteiger partial charge in [0.05, 0.1) is 16.9 Å². The fourth-order valence-electron chi connectivity index (χ4n) is 2.71. The number of fused-ring (bicyclic) bond motifs is 1. The molecule has 106 valence electrons. The first-order valence-corrected chi connectivity index (χ1v) is 6.92. The molecule has 0 N–H and O–H groups in total. The van der Waals surface area contributed by atoms with Gasteiger partial charge < -0.3 is 9.80 Å². The summed E-state index contributed by atoms with van der Waals surface area (Å²) in [7, 11) is 2.09. The van der Waals surface area contributed by atoms with Crippen molar-refractivity contribution < 1.29 is 4.39 Å². The van der Waals surface area contributed by atoms with Gasteiger partial charge in [0.1, 0.15) is 11.9 Å². The number of para-hydroxylation sites is 2. The van der Waals surface area contributed by atoms with Crippen LogP contribution in [0.5, 0.6) is 0 Å². The molecule has 0 fully saturated rings. The van der Waals surface area contributed by atoms with Gasteiger partial charge in [-0.1, -0.05) is 18.2 Å². The van der Waals surface area contributed by atoms with Gasteiger partial charge in [-0.25, -0.2) is 4.39 Å². The molecule has 1 aliphatic heterocycles. The molecule has 0 aliphatic carbocycles. The molecule has 0 saturated heterocycles. The maximum absolute atomic E-state index is 13.4. The molecule has 0 aromatic heterocycles. The minimum atomic E-state index is -0.458. The van der Waals surface area contributed by atoms with E-state index >= 15 is 0 Å². The zero-order valence-electron chi connectivity index (χ0n) is 11.9. The SMILES string of the molecule is CN1CCN(Cc2ccc(F)c(C#N)c2)c2ccccc21. The van der Waals surface area contributed by atoms with Crippen molar-refractivity contribution in [3.8, 4) is 6.07 Å². The van der Waals surface area contributed by atoms with Gasteiger partial charge in [0.15, 0.2) is 0 Å². The Hall–Kier alpha value is -2.54. The van der Waals surface area contributed by atoms with Crippen LogP contribution in [0.4, 0.5) is 15.8 Å². The number of likely N-dealkylation sites (N-methyl/N-ethyl adjacent to an activating group) is 1. The number of halogens is 1. The number of nitrogens with zero attached hydrogens (tertiary/aromatic N) is 3. The zero-order valence-corrected chi connectivity index (χ0v) is 11.9. The number of benzene rings is 2. The predicted octanol–water partition coefficient (Wildman–Crippen LogP) is 3.15. The summed E-state index contributed by atoms with van der Waals surface area (Å²) in [5, 5.41) is 8.93. The van der Waals surface area contributed by atoms with E-state index < -0.39 is 5.82 Å². The first kappa shape index (κ1) is 13.4. The van der Waals surface area contributed by atoms with Crippen LogP contribution >= 0.6 is 0 Å². The van der Waals surface area contributed by atoms with E-state index in [1.54, 1.807) is 12.1 Å². The second kappa shape index (κ2) is 5.45. The summed E-state index contributed by atoms with van der Waals surface area (Å²) in [6, 6.07) is 14.9. The van der Waals surface area contributed by atoms with Crippen LogP contribution in [-0.2, 0) is 6.54 Å². The third-order valence-corrected chi connectivity index (χ3v) is 3.86. The fourth-order valence-corrected chi connectivity index (χ4v) is 2.71. The summed E-state index contributed by atoms with van der Waals surface area (Å²) < 4.78 is 13.4. The minimum absolute atomic E-state index is 0.106. The quantitative estimate of drug-likeness (QED) is 0.847. The Morgan fingerprint density at radius 3 is 2.67 bits per heavy atom. The van der Waals surface area contributed by atoms with Crippen LogP contribution < -0.4 is 9.80 Å². The summed E-state index contributed by atoms with van der Waals surface area (Å²) in [6.45, 7) is 2.54. The molecule has 1 heterocycles. The molecule has 4 heteroatoms. The van der Waals surface area contributed by atoms with Gasteiger partial charge in [-0.15, -0.1) is 0 Å². The van der Waals surface area contributed by atoms with E-state index in [1.165, 1.54) is 17.4 Å². The molecule has 0 saturated carbocycles. The molecular weight excluding hydrogens is 265 g/mol. The molecule has 3 rings (SSSR count). The van der Waals surface area contributed by atoms with Crippen LogP contribution in [0.2, 0.25) is 0 Å². The Labute approximate surface area is 123 Å². The predicted molar refractivity (Wildman–Crippen MR) is 81.9 cm³/mol. The summed E-state index contributed by atoms with van der Waals surface area (Å²) >= 11 is 0. The Morgan fingerprint density at radius 1 is 1.14 bits per heavy atom. The highest BCUT2D eigenvalue weighted by molar-refractivity contribution is 5.73. The lowest BCUT2D eigenvalue weighted by molar-refractivity contribution is 0.622. The van der Waals surface area contributed by atoms with E-state index in [1.807, 2.05) is 18.2 Å². The first-order valence-electron chi connectivity index (χ1n) is 6.92. The van der Waals surface area contributed by atoms with Crippen molar-refractivity contribution in [1.82, 2.24) is 0 Å². The normalized spacial score (nSPS) is 13.8. The summed E-state index contributed by atoms with van der Waals surface area (Å²) in [5.74, 6) is -0.458. The van der Waals surface area contributed by atoms with E-state index in [-0.39, 0.29) is 5.56 Å². The highest BCUT2D eigenvalue weighted by Gasteiger charge is 2.19. The maximum Gasteiger partial charge on any atom is 0.140 e. The lowest BCUT2D eigenvalue weighted by Gasteiger charge is -2.37. The number of rotatable bonds is 2. The zero-order chi connectivity index (χ0) is 14.8. The molecular formula is C17H16FN3. The highest BCUT2D eigenvalue weighted by atomic mass is 19.1. The van der Waals surface area contributed by atoms with Crippen LogP contribution in [0.15, 0.2) is 42.5 Å². The monoisotopic (exact) mass is 281 g/mol. The Morgan fingerprint density at radius 2 is 1.90 bits per heavy atom. The third-order valence-electron chi connectivity index (χ3n) is 3.86. The average Bonchev–Trinajstić information content (AvgIpc) is 2.52. The van der Waals surface area contributed by atoms with Crippen molar-refractivity contribution in [2.75, 3.05) is 29.9 Å². The third kappa shape index (κ3) is 2.55. The molecule has 3 nitrogen and oxygen atoms in total. The second-order valence-electron chi connectivity index (χ2n) is 5.26. The van der Waals surface area contributed by atoms with Gasteiger partial charge in [-0.2, -0.15) is 5.26 Å². The van der Waals surface area contributed by atoms with E-state index in [0.29, 0.717) is 6.54 Å². The van der Waals surface area contributed by atoms with Gasteiger partial charge in [-0.3, -0.25) is 0 Å². The van der Waals surface area contributed by atoms with Gasteiger partial charge in [0.25, 0.3) is 0 Å². The van der Waals surface area contributed by atoms with Gasteiger partial charge in [0.2, 0.25) is 0 Å². The second-order valence-corrected chi connectivity index (χ2v) is 5.26. The first-order chi connectivity index (χ1) is 10.2. The molecule has 2 aromatic carbocycles. The molecule has 2 aromatic rings. The maximum atomic E-state index is 13.4. The van der Waals surface area contributed by atoms with Crippen LogP contribution in [0.1, 0.15) is 11.1 Å². The molecule has 21 heavy (non-hydrogen) atoms. The molecule has 0 unspecified atom stereocenters. The van der Waals surface area contributed by atoms with Crippen molar-refractivity contribution in [3.05, 3.63) is 59.4 Å². The van der Waals surface area contributed by atoms with Crippen LogP contribution in [0.3, 0.4) is 0 Å². The van der Waals surface area contributed by atoms with E-state index in [2.05, 4.69) is 29.0 Å². The van der Waals surface area contributed by atoms with Gasteiger partial charge in [-0.05, 0) is 29.8 Å². The number of nitriles is 1. The largest absolute Gasteiger partial charge is 0.371 e. The smallest absolute Gasteiger partial charge is 0.140 e. The summed E-state index contributed by atoms with van der Waals surface area (Å²) in [4.78, 5) is 4.50. The van der Waals surface area contributed by atoms with Gasteiger partial charge in [0, 0.05) is 26.7 Å². The van der Waals surface area contributed by atoms with Crippen molar-refractivity contribution in [3.63, 3.8) is 0 Å². The molecule has 0 amide bonds. The standard InChI is InChI=1S/C17H16FN3/c1-20-8-9-21(17-5-3-2-4-16(17)20)12-13-6-7-15(18)14(10-13)11-19/h2-7,10H,8-9,12H2,1H3. The molecule has 0 spiro atoms. The average molecular weight is 281 g/mol. The van der Waals surface area contributed by atoms with Crippen LogP contribution in [-0.4, -0.2) is 20.1 Å². The molecule has 0 atom stereocenters. The van der Waals surface area contributed by atoms with E-state index in [9.17, 15) is 4.39 Å². The lowest BCUT2D eigenvalue weighted by atomic mass is 10.1. The summed E-state index contributed by atoms with van der Waals surface area (Å²) in [6.07, 6.45) is 0. The lowest BCUT2D eigenvalue weighted by Crippen LogP contribution is -2.38. The number of anilines is 2. The van der Waals surface area contributed by atoms with Crippen LogP contribution in [0.25, 0.3) is 0 Å². The Kier molecular flexibility index (Phi) is 3.49.